The normalized spacial score (nSPS) is 12.6. The Morgan fingerprint density at radius 1 is 0.957 bits per heavy atom. The molecule has 0 saturated carbocycles. The van der Waals surface area contributed by atoms with Gasteiger partial charge in [-0.25, -0.2) is 8.42 Å². The summed E-state index contributed by atoms with van der Waals surface area (Å²) in [6.45, 7) is 1.85. The summed E-state index contributed by atoms with van der Waals surface area (Å²) in [5.41, 5.74) is 1.66. The molecule has 2 rings (SSSR count). The summed E-state index contributed by atoms with van der Waals surface area (Å²) in [5, 5.41) is -1.06. The number of carbonyl (C=O) groups is 1. The Morgan fingerprint density at radius 3 is 1.96 bits per heavy atom. The number of carbonyl (C=O) groups excluding carboxylic acids is 1. The number of rotatable bonds is 6. The summed E-state index contributed by atoms with van der Waals surface area (Å²) in [6, 6.07) is 18.4. The van der Waals surface area contributed by atoms with E-state index in [4.69, 9.17) is 0 Å². The molecule has 0 saturated heterocycles. The molecule has 2 aromatic rings. The Bertz CT molecular complexity index is 742. The molecule has 2 aromatic carbocycles. The smallest absolute Gasteiger partial charge is 0.240 e. The highest BCUT2D eigenvalue weighted by Crippen LogP contribution is 2.14. The average Bonchev–Trinajstić information content (AvgIpc) is 2.55. The van der Waals surface area contributed by atoms with E-state index in [0.717, 1.165) is 5.56 Å². The number of amides is 1. The Morgan fingerprint density at radius 2 is 1.43 bits per heavy atom. The van der Waals surface area contributed by atoms with Crippen LogP contribution in [0.4, 0.5) is 0 Å². The van der Waals surface area contributed by atoms with Crippen molar-refractivity contribution < 1.29 is 13.2 Å². The molecule has 122 valence electrons. The van der Waals surface area contributed by atoms with Crippen molar-refractivity contribution in [2.75, 3.05) is 7.05 Å². The fraction of sp³-hybridized carbons (Fsp3) is 0.278. The third-order valence-electron chi connectivity index (χ3n) is 3.74. The van der Waals surface area contributed by atoms with Gasteiger partial charge in [-0.05, 0) is 18.1 Å². The summed E-state index contributed by atoms with van der Waals surface area (Å²) in [7, 11) is -1.91. The quantitative estimate of drug-likeness (QED) is 0.818. The van der Waals surface area contributed by atoms with E-state index in [2.05, 4.69) is 0 Å². The van der Waals surface area contributed by atoms with Crippen LogP contribution in [-0.2, 0) is 26.9 Å². The topological polar surface area (TPSA) is 54.5 Å². The van der Waals surface area contributed by atoms with Crippen molar-refractivity contribution in [3.05, 3.63) is 71.8 Å². The molecule has 0 fully saturated rings. The number of hydrogen-bond acceptors (Lipinski definition) is 3. The molecule has 5 heteroatoms. The molecular formula is C18H21NO3S. The van der Waals surface area contributed by atoms with Crippen molar-refractivity contribution in [3.63, 3.8) is 0 Å². The van der Waals surface area contributed by atoms with E-state index in [1.54, 1.807) is 31.3 Å². The van der Waals surface area contributed by atoms with E-state index in [9.17, 15) is 13.2 Å². The first-order chi connectivity index (χ1) is 10.9. The van der Waals surface area contributed by atoms with Gasteiger partial charge in [-0.2, -0.15) is 0 Å². The number of benzene rings is 2. The Hall–Kier alpha value is -2.14. The van der Waals surface area contributed by atoms with E-state index in [0.29, 0.717) is 12.1 Å². The van der Waals surface area contributed by atoms with Gasteiger partial charge in [0.15, 0.2) is 9.84 Å². The third kappa shape index (κ3) is 4.66. The van der Waals surface area contributed by atoms with Gasteiger partial charge in [0.2, 0.25) is 5.91 Å². The summed E-state index contributed by atoms with van der Waals surface area (Å²) in [4.78, 5) is 13.9. The SMILES string of the molecule is C[C@H](C(=O)N(C)Cc1ccccc1)S(=O)(=O)Cc1ccccc1. The largest absolute Gasteiger partial charge is 0.340 e. The van der Waals surface area contributed by atoms with Crippen LogP contribution < -0.4 is 0 Å². The minimum absolute atomic E-state index is 0.125. The molecule has 0 bridgehead atoms. The van der Waals surface area contributed by atoms with E-state index >= 15 is 0 Å². The van der Waals surface area contributed by atoms with Crippen LogP contribution in [0.1, 0.15) is 18.1 Å². The highest BCUT2D eigenvalue weighted by atomic mass is 32.2. The van der Waals surface area contributed by atoms with Gasteiger partial charge in [-0.3, -0.25) is 4.79 Å². The highest BCUT2D eigenvalue weighted by molar-refractivity contribution is 7.92. The zero-order chi connectivity index (χ0) is 16.9. The Labute approximate surface area is 137 Å². The third-order valence-corrected chi connectivity index (χ3v) is 5.75. The molecule has 1 amide bonds. The fourth-order valence-corrected chi connectivity index (χ4v) is 3.72. The second-order valence-corrected chi connectivity index (χ2v) is 7.94. The van der Waals surface area contributed by atoms with E-state index in [-0.39, 0.29) is 11.7 Å². The van der Waals surface area contributed by atoms with Crippen LogP contribution in [0.2, 0.25) is 0 Å². The number of nitrogens with zero attached hydrogens (tertiary/aromatic N) is 1. The minimum Gasteiger partial charge on any atom is -0.340 e. The molecule has 0 N–H and O–H groups in total. The number of hydrogen-bond donors (Lipinski definition) is 0. The predicted octanol–water partition coefficient (Wildman–Crippen LogP) is 2.65. The van der Waals surface area contributed by atoms with Gasteiger partial charge in [0.25, 0.3) is 0 Å². The lowest BCUT2D eigenvalue weighted by molar-refractivity contribution is -0.129. The molecule has 0 unspecified atom stereocenters. The molecule has 1 atom stereocenters. The van der Waals surface area contributed by atoms with Crippen LogP contribution >= 0.6 is 0 Å². The molecule has 0 radical (unpaired) electrons. The zero-order valence-corrected chi connectivity index (χ0v) is 14.2. The first-order valence-electron chi connectivity index (χ1n) is 7.44. The molecule has 0 aliphatic carbocycles. The molecule has 4 nitrogen and oxygen atoms in total. The maximum absolute atomic E-state index is 12.5. The monoisotopic (exact) mass is 331 g/mol. The van der Waals surface area contributed by atoms with Crippen LogP contribution in [0.25, 0.3) is 0 Å². The van der Waals surface area contributed by atoms with E-state index in [1.165, 1.54) is 11.8 Å². The van der Waals surface area contributed by atoms with Gasteiger partial charge in [0.1, 0.15) is 5.25 Å². The lowest BCUT2D eigenvalue weighted by atomic mass is 10.2. The summed E-state index contributed by atoms with van der Waals surface area (Å²) < 4.78 is 24.9. The van der Waals surface area contributed by atoms with Crippen LogP contribution in [0.15, 0.2) is 60.7 Å². The second-order valence-electron chi connectivity index (χ2n) is 5.61. The molecule has 0 aliphatic rings. The van der Waals surface area contributed by atoms with Gasteiger partial charge in [0.05, 0.1) is 5.75 Å². The van der Waals surface area contributed by atoms with Gasteiger partial charge < -0.3 is 4.90 Å². The summed E-state index contributed by atoms with van der Waals surface area (Å²) in [5.74, 6) is -0.510. The highest BCUT2D eigenvalue weighted by Gasteiger charge is 2.30. The predicted molar refractivity (Wildman–Crippen MR) is 91.4 cm³/mol. The van der Waals surface area contributed by atoms with Crippen LogP contribution in [0.5, 0.6) is 0 Å². The van der Waals surface area contributed by atoms with Gasteiger partial charge in [-0.15, -0.1) is 0 Å². The van der Waals surface area contributed by atoms with Crippen molar-refractivity contribution in [2.45, 2.75) is 24.5 Å². The first kappa shape index (κ1) is 17.2. The maximum Gasteiger partial charge on any atom is 0.240 e. The average molecular weight is 331 g/mol. The van der Waals surface area contributed by atoms with Gasteiger partial charge in [-0.1, -0.05) is 60.7 Å². The van der Waals surface area contributed by atoms with Crippen molar-refractivity contribution in [2.24, 2.45) is 0 Å². The van der Waals surface area contributed by atoms with Crippen molar-refractivity contribution >= 4 is 15.7 Å². The molecule has 23 heavy (non-hydrogen) atoms. The van der Waals surface area contributed by atoms with Crippen molar-refractivity contribution in [3.8, 4) is 0 Å². The standard InChI is InChI=1S/C18H21NO3S/c1-15(23(21,22)14-17-11-7-4-8-12-17)18(20)19(2)13-16-9-5-3-6-10-16/h3-12,15H,13-14H2,1-2H3/t15-/m1/s1. The summed E-state index contributed by atoms with van der Waals surface area (Å²) >= 11 is 0. The van der Waals surface area contributed by atoms with Crippen LogP contribution in [-0.4, -0.2) is 31.5 Å². The van der Waals surface area contributed by atoms with Crippen LogP contribution in [0, 0.1) is 0 Å². The van der Waals surface area contributed by atoms with Gasteiger partial charge in [0, 0.05) is 13.6 Å². The summed E-state index contributed by atoms with van der Waals surface area (Å²) in [6.07, 6.45) is 0. The molecule has 0 heterocycles. The fourth-order valence-electron chi connectivity index (χ4n) is 2.33. The minimum atomic E-state index is -3.54. The Balaban J connectivity index is 2.05. The number of sulfone groups is 1. The molecular weight excluding hydrogens is 310 g/mol. The van der Waals surface area contributed by atoms with Crippen molar-refractivity contribution in [1.29, 1.82) is 0 Å². The van der Waals surface area contributed by atoms with E-state index in [1.807, 2.05) is 36.4 Å². The first-order valence-corrected chi connectivity index (χ1v) is 9.16. The Kier molecular flexibility index (Phi) is 5.55. The molecule has 0 aromatic heterocycles. The molecule has 0 spiro atoms. The molecule has 0 aliphatic heterocycles. The van der Waals surface area contributed by atoms with Crippen molar-refractivity contribution in [1.82, 2.24) is 4.90 Å². The second kappa shape index (κ2) is 7.42. The zero-order valence-electron chi connectivity index (χ0n) is 13.3. The van der Waals surface area contributed by atoms with E-state index < -0.39 is 15.1 Å². The lowest BCUT2D eigenvalue weighted by Crippen LogP contribution is -2.39. The maximum atomic E-state index is 12.5. The van der Waals surface area contributed by atoms with Crippen LogP contribution in [0.3, 0.4) is 0 Å². The lowest BCUT2D eigenvalue weighted by Gasteiger charge is -2.21. The van der Waals surface area contributed by atoms with Gasteiger partial charge >= 0.3 is 0 Å².